The van der Waals surface area contributed by atoms with Crippen molar-refractivity contribution in [3.8, 4) is 0 Å². The lowest BCUT2D eigenvalue weighted by atomic mass is 10.1. The van der Waals surface area contributed by atoms with Crippen molar-refractivity contribution >= 4 is 15.7 Å². The highest BCUT2D eigenvalue weighted by molar-refractivity contribution is 7.92. The average molecular weight is 363 g/mol. The molecule has 0 aliphatic carbocycles. The predicted molar refractivity (Wildman–Crippen MR) is 96.7 cm³/mol. The normalized spacial score (nSPS) is 16.2. The summed E-state index contributed by atoms with van der Waals surface area (Å²) in [6, 6.07) is 0. The van der Waals surface area contributed by atoms with Crippen molar-refractivity contribution in [2.45, 2.75) is 58.3 Å². The Morgan fingerprint density at radius 2 is 1.58 bits per heavy atom. The fourth-order valence-electron chi connectivity index (χ4n) is 2.74. The van der Waals surface area contributed by atoms with Crippen molar-refractivity contribution in [3.05, 3.63) is 0 Å². The Labute approximate surface area is 147 Å². The molecule has 1 saturated heterocycles. The zero-order valence-electron chi connectivity index (χ0n) is 15.1. The van der Waals surface area contributed by atoms with Crippen LogP contribution in [0.4, 0.5) is 0 Å². The van der Waals surface area contributed by atoms with Gasteiger partial charge in [0.2, 0.25) is 5.91 Å². The number of morpholine rings is 1. The molecular weight excluding hydrogens is 328 g/mol. The van der Waals surface area contributed by atoms with E-state index in [1.54, 1.807) is 0 Å². The molecule has 0 bridgehead atoms. The minimum atomic E-state index is -3.29. The first-order chi connectivity index (χ1) is 11.5. The molecule has 0 saturated carbocycles. The van der Waals surface area contributed by atoms with Crippen molar-refractivity contribution < 1.29 is 17.9 Å². The van der Waals surface area contributed by atoms with Gasteiger partial charge in [0.15, 0.2) is 9.84 Å². The van der Waals surface area contributed by atoms with Crippen LogP contribution in [0.1, 0.15) is 58.3 Å². The highest BCUT2D eigenvalue weighted by Gasteiger charge is 2.17. The second-order valence-electron chi connectivity index (χ2n) is 6.56. The first-order valence-electron chi connectivity index (χ1n) is 9.31. The molecule has 142 valence electrons. The van der Waals surface area contributed by atoms with Crippen LogP contribution in [0.5, 0.6) is 0 Å². The van der Waals surface area contributed by atoms with Crippen LogP contribution in [-0.2, 0) is 19.4 Å². The third-order valence-corrected chi connectivity index (χ3v) is 5.88. The van der Waals surface area contributed by atoms with Crippen molar-refractivity contribution in [1.82, 2.24) is 10.2 Å². The summed E-state index contributed by atoms with van der Waals surface area (Å²) in [4.78, 5) is 13.8. The molecule has 0 aromatic rings. The molecule has 7 heteroatoms. The molecule has 6 nitrogen and oxygen atoms in total. The van der Waals surface area contributed by atoms with E-state index in [0.29, 0.717) is 26.3 Å². The fourth-order valence-corrected chi connectivity index (χ4v) is 4.03. The predicted octanol–water partition coefficient (Wildman–Crippen LogP) is 1.95. The molecule has 0 unspecified atom stereocenters. The number of carbonyl (C=O) groups is 1. The largest absolute Gasteiger partial charge is 0.379 e. The number of ether oxygens (including phenoxy) is 1. The molecule has 24 heavy (non-hydrogen) atoms. The molecule has 1 fully saturated rings. The van der Waals surface area contributed by atoms with Crippen LogP contribution in [0.25, 0.3) is 0 Å². The van der Waals surface area contributed by atoms with Crippen molar-refractivity contribution in [1.29, 1.82) is 0 Å². The van der Waals surface area contributed by atoms with Gasteiger partial charge in [0, 0.05) is 13.1 Å². The summed E-state index contributed by atoms with van der Waals surface area (Å²) in [7, 11) is -3.29. The van der Waals surface area contributed by atoms with E-state index in [4.69, 9.17) is 4.74 Å². The fraction of sp³-hybridized carbons (Fsp3) is 0.941. The number of sulfone groups is 1. The number of hydrogen-bond donors (Lipinski definition) is 1. The third kappa shape index (κ3) is 11.0. The summed E-state index contributed by atoms with van der Waals surface area (Å²) in [6.45, 7) is 5.45. The number of unbranched alkanes of at least 4 members (excludes halogenated alkanes) is 7. The summed E-state index contributed by atoms with van der Waals surface area (Å²) in [5.74, 6) is -0.679. The van der Waals surface area contributed by atoms with Crippen molar-refractivity contribution in [2.24, 2.45) is 0 Å². The van der Waals surface area contributed by atoms with Gasteiger partial charge in [-0.15, -0.1) is 0 Å². The SMILES string of the molecule is CCCCCCCCCCS(=O)(=O)CC(=O)NCN1CCOCC1. The number of nitrogens with one attached hydrogen (secondary N) is 1. The van der Waals surface area contributed by atoms with Gasteiger partial charge in [-0.05, 0) is 6.42 Å². The molecule has 1 aliphatic rings. The number of nitrogens with zero attached hydrogens (tertiary/aromatic N) is 1. The molecule has 1 heterocycles. The maximum Gasteiger partial charge on any atom is 0.236 e. The molecule has 0 spiro atoms. The van der Waals surface area contributed by atoms with E-state index < -0.39 is 21.5 Å². The molecule has 1 aliphatic heterocycles. The van der Waals surface area contributed by atoms with Crippen LogP contribution in [0.2, 0.25) is 0 Å². The number of amides is 1. The molecule has 0 aromatic carbocycles. The standard InChI is InChI=1S/C17H34N2O4S/c1-2-3-4-5-6-7-8-9-14-24(21,22)15-17(20)18-16-19-10-12-23-13-11-19/h2-16H2,1H3,(H,18,20). The second kappa shape index (κ2) is 12.7. The Hall–Kier alpha value is -0.660. The minimum Gasteiger partial charge on any atom is -0.379 e. The van der Waals surface area contributed by atoms with Crippen LogP contribution in [0.3, 0.4) is 0 Å². The topological polar surface area (TPSA) is 75.7 Å². The Morgan fingerprint density at radius 3 is 2.21 bits per heavy atom. The lowest BCUT2D eigenvalue weighted by Gasteiger charge is -2.26. The average Bonchev–Trinajstić information content (AvgIpc) is 2.56. The van der Waals surface area contributed by atoms with Gasteiger partial charge in [-0.1, -0.05) is 51.9 Å². The maximum atomic E-state index is 12.0. The zero-order valence-corrected chi connectivity index (χ0v) is 15.9. The van der Waals surface area contributed by atoms with E-state index in [9.17, 15) is 13.2 Å². The van der Waals surface area contributed by atoms with Gasteiger partial charge in [0.05, 0.1) is 25.6 Å². The summed E-state index contributed by atoms with van der Waals surface area (Å²) in [5, 5.41) is 2.69. The highest BCUT2D eigenvalue weighted by atomic mass is 32.2. The Kier molecular flexibility index (Phi) is 11.3. The van der Waals surface area contributed by atoms with Gasteiger partial charge < -0.3 is 10.1 Å². The summed E-state index contributed by atoms with van der Waals surface area (Å²) in [6.07, 6.45) is 8.90. The third-order valence-electron chi connectivity index (χ3n) is 4.26. The maximum absolute atomic E-state index is 12.0. The van der Waals surface area contributed by atoms with E-state index in [0.717, 1.165) is 25.9 Å². The molecule has 1 amide bonds. The zero-order chi connectivity index (χ0) is 17.7. The smallest absolute Gasteiger partial charge is 0.236 e. The molecular formula is C17H34N2O4S. The molecule has 1 rings (SSSR count). The minimum absolute atomic E-state index is 0.118. The highest BCUT2D eigenvalue weighted by Crippen LogP contribution is 2.09. The first kappa shape index (κ1) is 21.4. The van der Waals surface area contributed by atoms with E-state index in [-0.39, 0.29) is 5.75 Å². The van der Waals surface area contributed by atoms with E-state index in [2.05, 4.69) is 12.2 Å². The molecule has 1 N–H and O–H groups in total. The lowest BCUT2D eigenvalue weighted by molar-refractivity contribution is -0.119. The molecule has 0 radical (unpaired) electrons. The van der Waals surface area contributed by atoms with Gasteiger partial charge in [0.25, 0.3) is 0 Å². The Balaban J connectivity index is 2.06. The van der Waals surface area contributed by atoms with Gasteiger partial charge in [0.1, 0.15) is 5.75 Å². The van der Waals surface area contributed by atoms with Gasteiger partial charge in [-0.2, -0.15) is 0 Å². The van der Waals surface area contributed by atoms with Gasteiger partial charge >= 0.3 is 0 Å². The Bertz CT molecular complexity index is 434. The van der Waals surface area contributed by atoms with Crippen molar-refractivity contribution in [3.63, 3.8) is 0 Å². The number of carbonyl (C=O) groups excluding carboxylic acids is 1. The van der Waals surface area contributed by atoms with Crippen LogP contribution in [0.15, 0.2) is 0 Å². The van der Waals surface area contributed by atoms with E-state index in [1.807, 2.05) is 4.90 Å². The van der Waals surface area contributed by atoms with Crippen LogP contribution >= 0.6 is 0 Å². The van der Waals surface area contributed by atoms with Crippen LogP contribution in [-0.4, -0.2) is 63.7 Å². The van der Waals surface area contributed by atoms with Gasteiger partial charge in [-0.25, -0.2) is 8.42 Å². The van der Waals surface area contributed by atoms with Gasteiger partial charge in [-0.3, -0.25) is 9.69 Å². The summed E-state index contributed by atoms with van der Waals surface area (Å²) < 4.78 is 29.2. The van der Waals surface area contributed by atoms with E-state index >= 15 is 0 Å². The van der Waals surface area contributed by atoms with Crippen LogP contribution < -0.4 is 5.32 Å². The lowest BCUT2D eigenvalue weighted by Crippen LogP contribution is -2.45. The number of rotatable bonds is 13. The Morgan fingerprint density at radius 1 is 1.00 bits per heavy atom. The molecule has 0 atom stereocenters. The number of hydrogen-bond acceptors (Lipinski definition) is 5. The van der Waals surface area contributed by atoms with Crippen molar-refractivity contribution in [2.75, 3.05) is 44.5 Å². The molecule has 0 aromatic heterocycles. The quantitative estimate of drug-likeness (QED) is 0.507. The summed E-state index contributed by atoms with van der Waals surface area (Å²) >= 11 is 0. The monoisotopic (exact) mass is 362 g/mol. The van der Waals surface area contributed by atoms with E-state index in [1.165, 1.54) is 32.1 Å². The first-order valence-corrected chi connectivity index (χ1v) is 11.1. The summed E-state index contributed by atoms with van der Waals surface area (Å²) in [5.41, 5.74) is 0. The van der Waals surface area contributed by atoms with Crippen LogP contribution in [0, 0.1) is 0 Å². The second-order valence-corrected chi connectivity index (χ2v) is 8.74.